The third-order valence-electron chi connectivity index (χ3n) is 14.0. The summed E-state index contributed by atoms with van der Waals surface area (Å²) in [5, 5.41) is 27.9. The van der Waals surface area contributed by atoms with Gasteiger partial charge in [-0.1, -0.05) is 41.5 Å². The van der Waals surface area contributed by atoms with Crippen LogP contribution in [0.5, 0.6) is 0 Å². The normalized spacial score (nSPS) is 19.9. The second-order valence-electron chi connectivity index (χ2n) is 22.9. The molecule has 0 spiro atoms. The molecule has 9 rings (SSSR count). The average molecular weight is 1120 g/mol. The van der Waals surface area contributed by atoms with Gasteiger partial charge in [-0.3, -0.25) is 34.7 Å². The van der Waals surface area contributed by atoms with Crippen LogP contribution in [0.1, 0.15) is 125 Å². The number of anilines is 3. The summed E-state index contributed by atoms with van der Waals surface area (Å²) in [6, 6.07) is 18.0. The smallest absolute Gasteiger partial charge is 0.410 e. The third-order valence-corrected chi connectivity index (χ3v) is 14.0. The van der Waals surface area contributed by atoms with Gasteiger partial charge in [-0.2, -0.15) is 15.8 Å². The maximum atomic E-state index is 12.5. The molecule has 0 aliphatic carbocycles. The minimum atomic E-state index is -0.524. The van der Waals surface area contributed by atoms with Crippen molar-refractivity contribution in [3.8, 4) is 18.2 Å². The van der Waals surface area contributed by atoms with Gasteiger partial charge in [0, 0.05) is 83.5 Å². The summed E-state index contributed by atoms with van der Waals surface area (Å²) in [6.45, 7) is 25.5. The van der Waals surface area contributed by atoms with Crippen molar-refractivity contribution in [1.29, 1.82) is 15.8 Å². The van der Waals surface area contributed by atoms with E-state index in [4.69, 9.17) is 9.47 Å². The van der Waals surface area contributed by atoms with Crippen LogP contribution in [0.2, 0.25) is 0 Å². The van der Waals surface area contributed by atoms with E-state index < -0.39 is 11.2 Å². The number of piperidine rings is 3. The molecule has 0 unspecified atom stereocenters. The fourth-order valence-electron chi connectivity index (χ4n) is 10.9. The Bertz CT molecular complexity index is 3160. The minimum absolute atomic E-state index is 0. The molecule has 6 atom stereocenters. The van der Waals surface area contributed by atoms with E-state index in [0.29, 0.717) is 69.5 Å². The molecule has 422 valence electrons. The van der Waals surface area contributed by atoms with Crippen molar-refractivity contribution in [1.82, 2.24) is 34.8 Å². The van der Waals surface area contributed by atoms with Gasteiger partial charge in [0.25, 0.3) is 0 Å². The molecule has 6 aromatic rings. The van der Waals surface area contributed by atoms with Gasteiger partial charge in [-0.15, -0.1) is 24.8 Å². The maximum Gasteiger partial charge on any atom is 0.410 e. The molecule has 17 nitrogen and oxygen atoms in total. The van der Waals surface area contributed by atoms with Gasteiger partial charge in [0.2, 0.25) is 0 Å². The number of ether oxygens (including phenoxy) is 2. The molecular formula is C60H79Cl2N13O4. The van der Waals surface area contributed by atoms with Crippen molar-refractivity contribution in [3.05, 3.63) is 90.3 Å². The zero-order valence-corrected chi connectivity index (χ0v) is 48.6. The van der Waals surface area contributed by atoms with E-state index in [-0.39, 0.29) is 56.3 Å². The number of nitriles is 3. The van der Waals surface area contributed by atoms with Crippen molar-refractivity contribution in [2.75, 3.05) is 61.0 Å². The molecule has 3 aliphatic heterocycles. The number of benzene rings is 3. The Hall–Kier alpha value is -7.13. The van der Waals surface area contributed by atoms with Crippen LogP contribution in [0.25, 0.3) is 33.1 Å². The van der Waals surface area contributed by atoms with Crippen molar-refractivity contribution in [3.63, 3.8) is 0 Å². The average Bonchev–Trinajstić information content (AvgIpc) is 3.44. The number of carbonyl (C=O) groups is 2. The molecule has 3 aromatic carbocycles. The second kappa shape index (κ2) is 28.1. The summed E-state index contributed by atoms with van der Waals surface area (Å²) in [6.07, 6.45) is 14.4. The van der Waals surface area contributed by atoms with Gasteiger partial charge < -0.3 is 29.1 Å². The summed E-state index contributed by atoms with van der Waals surface area (Å²) < 4.78 is 11.0. The highest BCUT2D eigenvalue weighted by Gasteiger charge is 2.34. The van der Waals surface area contributed by atoms with Crippen LogP contribution in [0.15, 0.2) is 73.6 Å². The van der Waals surface area contributed by atoms with Crippen LogP contribution in [0.4, 0.5) is 21.9 Å². The molecule has 79 heavy (non-hydrogen) atoms. The van der Waals surface area contributed by atoms with Crippen molar-refractivity contribution < 1.29 is 19.1 Å². The Morgan fingerprint density at radius 3 is 1.25 bits per heavy atom. The Labute approximate surface area is 479 Å². The zero-order valence-electron chi connectivity index (χ0n) is 46.9. The molecule has 0 bridgehead atoms. The Kier molecular flexibility index (Phi) is 22.9. The van der Waals surface area contributed by atoms with E-state index in [2.05, 4.69) is 90.5 Å². The Balaban J connectivity index is 0.000000253. The number of amides is 1. The summed E-state index contributed by atoms with van der Waals surface area (Å²) in [7, 11) is 1.80. The van der Waals surface area contributed by atoms with Gasteiger partial charge >= 0.3 is 12.1 Å². The number of hydrogen-bond acceptors (Lipinski definition) is 16. The van der Waals surface area contributed by atoms with E-state index >= 15 is 0 Å². The first-order chi connectivity index (χ1) is 36.2. The largest absolute Gasteiger partial charge is 0.460 e. The van der Waals surface area contributed by atoms with Crippen LogP contribution in [0, 0.1) is 63.6 Å². The molecule has 3 aliphatic rings. The number of rotatable bonds is 7. The monoisotopic (exact) mass is 1120 g/mol. The maximum absolute atomic E-state index is 12.5. The predicted molar refractivity (Wildman–Crippen MR) is 317 cm³/mol. The van der Waals surface area contributed by atoms with Crippen LogP contribution < -0.4 is 14.7 Å². The van der Waals surface area contributed by atoms with E-state index in [1.54, 1.807) is 61.3 Å². The Morgan fingerprint density at radius 1 is 0.544 bits per heavy atom. The lowest BCUT2D eigenvalue weighted by Crippen LogP contribution is -2.52. The zero-order chi connectivity index (χ0) is 54.9. The molecule has 3 fully saturated rings. The molecule has 0 N–H and O–H groups in total. The first-order valence-corrected chi connectivity index (χ1v) is 26.5. The number of aromatic nitrogens is 6. The van der Waals surface area contributed by atoms with Crippen molar-refractivity contribution >= 4 is 87.0 Å². The number of fused-ring (bicyclic) bond motifs is 3. The van der Waals surface area contributed by atoms with Crippen molar-refractivity contribution in [2.45, 2.75) is 126 Å². The highest BCUT2D eigenvalue weighted by atomic mass is 35.5. The highest BCUT2D eigenvalue weighted by molar-refractivity contribution is 5.94. The summed E-state index contributed by atoms with van der Waals surface area (Å²) in [5.41, 5.74) is 7.92. The third kappa shape index (κ3) is 16.5. The lowest BCUT2D eigenvalue weighted by Gasteiger charge is -2.42. The quantitative estimate of drug-likeness (QED) is 0.136. The van der Waals surface area contributed by atoms with Gasteiger partial charge in [-0.05, 0) is 127 Å². The SMILES string of the molecule is C.CC[C@@H]1C[C@H](C)CN(c2ccc(C#N)c3nccnc23)C1.C[C@H]1C[C@@H](CC(=O)OC(C)(C)C)CN(c2ccc(C#N)c3nccnc23)C1.C[C@H]1C[C@@H](N(C)C(=O)OC(C)(C)C)CN(c2ccc(C#N)c3nccnc23)C1.Cl.Cl. The summed E-state index contributed by atoms with van der Waals surface area (Å²) in [4.78, 5) is 59.9. The standard InChI is InChI=1S/C21H27N5O2.C21H26N4O2.C17H20N4.CH4.2ClH/c1-14-10-16(25(5)20(27)28-21(2,3)4)13-26(12-14)17-7-6-15(11-22)18-19(17)24-9-8-23-18;1-14-9-15(10-18(26)27-21(2,3)4)13-25(12-14)17-6-5-16(11-22)19-20(17)24-8-7-23-19;1-3-13-8-12(2)10-21(11-13)15-5-4-14(9-18)16-17(15)20-7-6-19-16;;;/h6-9,14,16H,10,12-13H2,1-5H3;5-8,14-15H,9-10,12-13H2,1-4H3;4-7,12-13H,3,8,10-11H2,1-2H3;1H4;2*1H/t14-,16+;14-,15-;12-,13+;;;/m000.../s1. The van der Waals surface area contributed by atoms with Crippen LogP contribution >= 0.6 is 24.8 Å². The highest BCUT2D eigenvalue weighted by Crippen LogP contribution is 2.36. The van der Waals surface area contributed by atoms with Crippen LogP contribution in [0.3, 0.4) is 0 Å². The van der Waals surface area contributed by atoms with E-state index in [1.165, 1.54) is 12.8 Å². The van der Waals surface area contributed by atoms with E-state index in [9.17, 15) is 25.4 Å². The molecule has 3 aromatic heterocycles. The molecule has 3 saturated heterocycles. The number of nitrogens with zero attached hydrogens (tertiary/aromatic N) is 13. The molecule has 6 heterocycles. The molecule has 0 saturated carbocycles. The lowest BCUT2D eigenvalue weighted by atomic mass is 9.87. The number of halogens is 2. The topological polar surface area (TPSA) is 214 Å². The number of likely N-dealkylation sites (N-methyl/N-ethyl adjacent to an activating group) is 1. The van der Waals surface area contributed by atoms with Gasteiger partial charge in [0.1, 0.15) is 62.5 Å². The van der Waals surface area contributed by atoms with Crippen LogP contribution in [-0.2, 0) is 14.3 Å². The fraction of sp³-hybridized carbons (Fsp3) is 0.517. The minimum Gasteiger partial charge on any atom is -0.460 e. The van der Waals surface area contributed by atoms with E-state index in [0.717, 1.165) is 79.6 Å². The molecule has 1 amide bonds. The van der Waals surface area contributed by atoms with Gasteiger partial charge in [0.05, 0.1) is 46.2 Å². The van der Waals surface area contributed by atoms with Gasteiger partial charge in [0.15, 0.2) is 0 Å². The van der Waals surface area contributed by atoms with Gasteiger partial charge in [-0.25, -0.2) is 4.79 Å². The number of carbonyl (C=O) groups excluding carboxylic acids is 2. The first kappa shape index (κ1) is 64.4. The predicted octanol–water partition coefficient (Wildman–Crippen LogP) is 12.1. The fourth-order valence-corrected chi connectivity index (χ4v) is 10.9. The second-order valence-corrected chi connectivity index (χ2v) is 22.9. The van der Waals surface area contributed by atoms with E-state index in [1.807, 2.05) is 65.8 Å². The van der Waals surface area contributed by atoms with Crippen LogP contribution in [-0.4, -0.2) is 110 Å². The molecular weight excluding hydrogens is 1040 g/mol. The molecule has 19 heteroatoms. The molecule has 0 radical (unpaired) electrons. The summed E-state index contributed by atoms with van der Waals surface area (Å²) >= 11 is 0. The van der Waals surface area contributed by atoms with Crippen molar-refractivity contribution in [2.24, 2.45) is 29.6 Å². The number of hydrogen-bond donors (Lipinski definition) is 0. The first-order valence-electron chi connectivity index (χ1n) is 26.5. The lowest BCUT2D eigenvalue weighted by molar-refractivity contribution is -0.156. The Morgan fingerprint density at radius 2 is 0.886 bits per heavy atom. The number of esters is 1. The summed E-state index contributed by atoms with van der Waals surface area (Å²) in [5.74, 6) is 2.35.